The van der Waals surface area contributed by atoms with Gasteiger partial charge >= 0.3 is 0 Å². The third-order valence-corrected chi connectivity index (χ3v) is 2.63. The van der Waals surface area contributed by atoms with Crippen LogP contribution in [0.4, 0.5) is 0 Å². The Morgan fingerprint density at radius 2 is 2.22 bits per heavy atom. The normalized spacial score (nSPS) is 41.0. The lowest BCUT2D eigenvalue weighted by Gasteiger charge is -1.94. The summed E-state index contributed by atoms with van der Waals surface area (Å²) in [6.07, 6.45) is 6.01. The Labute approximate surface area is 56.8 Å². The zero-order valence-electron chi connectivity index (χ0n) is 6.06. The van der Waals surface area contributed by atoms with Crippen molar-refractivity contribution in [2.45, 2.75) is 31.7 Å². The van der Waals surface area contributed by atoms with Gasteiger partial charge in [-0.25, -0.2) is 0 Å². The molecule has 0 radical (unpaired) electrons. The third-order valence-electron chi connectivity index (χ3n) is 2.63. The van der Waals surface area contributed by atoms with Gasteiger partial charge in [0.25, 0.3) is 0 Å². The van der Waals surface area contributed by atoms with Crippen molar-refractivity contribution in [2.75, 3.05) is 7.05 Å². The second-order valence-corrected chi connectivity index (χ2v) is 3.57. The van der Waals surface area contributed by atoms with Crippen LogP contribution in [0.3, 0.4) is 0 Å². The van der Waals surface area contributed by atoms with Gasteiger partial charge in [0.15, 0.2) is 0 Å². The van der Waals surface area contributed by atoms with E-state index in [1.165, 1.54) is 25.7 Å². The summed E-state index contributed by atoms with van der Waals surface area (Å²) < 4.78 is 0. The van der Waals surface area contributed by atoms with E-state index >= 15 is 0 Å². The van der Waals surface area contributed by atoms with Gasteiger partial charge in [-0.1, -0.05) is 12.8 Å². The molecule has 2 rings (SSSR count). The highest BCUT2D eigenvalue weighted by atomic mass is 14.9. The third kappa shape index (κ3) is 1.26. The van der Waals surface area contributed by atoms with Crippen LogP contribution in [-0.4, -0.2) is 13.1 Å². The average molecular weight is 125 g/mol. The Bertz CT molecular complexity index is 107. The van der Waals surface area contributed by atoms with Crippen molar-refractivity contribution >= 4 is 0 Å². The lowest BCUT2D eigenvalue weighted by atomic mass is 10.2. The van der Waals surface area contributed by atoms with Crippen LogP contribution in [0.2, 0.25) is 0 Å². The minimum absolute atomic E-state index is 0.894. The molecule has 1 N–H and O–H groups in total. The molecule has 0 aromatic rings. The van der Waals surface area contributed by atoms with Gasteiger partial charge < -0.3 is 5.32 Å². The van der Waals surface area contributed by atoms with Gasteiger partial charge in [0.05, 0.1) is 0 Å². The Balaban J connectivity index is 1.65. The van der Waals surface area contributed by atoms with E-state index in [-0.39, 0.29) is 0 Å². The first-order chi connectivity index (χ1) is 4.40. The Hall–Kier alpha value is -0.0400. The second-order valence-electron chi connectivity index (χ2n) is 3.57. The molecule has 2 aliphatic carbocycles. The van der Waals surface area contributed by atoms with Gasteiger partial charge in [0, 0.05) is 6.04 Å². The average Bonchev–Trinajstić information content (AvgIpc) is 2.66. The van der Waals surface area contributed by atoms with E-state index in [0.717, 1.165) is 17.9 Å². The molecule has 1 heteroatoms. The largest absolute Gasteiger partial charge is 0.317 e. The predicted octanol–water partition coefficient (Wildman–Crippen LogP) is 1.39. The molecule has 9 heavy (non-hydrogen) atoms. The van der Waals surface area contributed by atoms with Crippen LogP contribution in [0.5, 0.6) is 0 Å². The molecular formula is C8H15N. The molecule has 2 saturated carbocycles. The van der Waals surface area contributed by atoms with Crippen molar-refractivity contribution in [3.63, 3.8) is 0 Å². The number of hydrogen-bond donors (Lipinski definition) is 1. The van der Waals surface area contributed by atoms with Crippen molar-refractivity contribution in [1.82, 2.24) is 5.32 Å². The van der Waals surface area contributed by atoms with E-state index in [2.05, 4.69) is 12.4 Å². The number of nitrogens with one attached hydrogen (secondary N) is 1. The highest BCUT2D eigenvalue weighted by Crippen LogP contribution is 2.44. The quantitative estimate of drug-likeness (QED) is 0.601. The summed E-state index contributed by atoms with van der Waals surface area (Å²) in [5, 5.41) is 3.32. The molecule has 2 atom stereocenters. The molecular weight excluding hydrogens is 110 g/mol. The van der Waals surface area contributed by atoms with Crippen LogP contribution in [0, 0.1) is 11.8 Å². The number of hydrogen-bond acceptors (Lipinski definition) is 1. The Morgan fingerprint density at radius 3 is 2.67 bits per heavy atom. The van der Waals surface area contributed by atoms with Gasteiger partial charge in [0.1, 0.15) is 0 Å². The van der Waals surface area contributed by atoms with Gasteiger partial charge in [-0.15, -0.1) is 0 Å². The van der Waals surface area contributed by atoms with Gasteiger partial charge in [-0.05, 0) is 31.7 Å². The maximum atomic E-state index is 3.32. The monoisotopic (exact) mass is 125 g/mol. The van der Waals surface area contributed by atoms with Gasteiger partial charge in [-0.3, -0.25) is 0 Å². The molecule has 2 unspecified atom stereocenters. The fraction of sp³-hybridized carbons (Fsp3) is 1.00. The topological polar surface area (TPSA) is 12.0 Å². The zero-order chi connectivity index (χ0) is 6.27. The summed E-state index contributed by atoms with van der Waals surface area (Å²) in [5.41, 5.74) is 0. The van der Waals surface area contributed by atoms with Crippen LogP contribution < -0.4 is 5.32 Å². The number of rotatable bonds is 3. The molecule has 0 bridgehead atoms. The summed E-state index contributed by atoms with van der Waals surface area (Å²) in [6.45, 7) is 0. The Kier molecular flexibility index (Phi) is 1.26. The molecule has 0 heterocycles. The van der Waals surface area contributed by atoms with Crippen LogP contribution in [0.1, 0.15) is 25.7 Å². The lowest BCUT2D eigenvalue weighted by molar-refractivity contribution is 0.605. The minimum atomic E-state index is 0.894. The fourth-order valence-corrected chi connectivity index (χ4v) is 1.64. The zero-order valence-corrected chi connectivity index (χ0v) is 6.06. The molecule has 1 nitrogen and oxygen atoms in total. The Morgan fingerprint density at radius 1 is 1.44 bits per heavy atom. The summed E-state index contributed by atoms with van der Waals surface area (Å²) >= 11 is 0. The van der Waals surface area contributed by atoms with E-state index < -0.39 is 0 Å². The van der Waals surface area contributed by atoms with Gasteiger partial charge in [-0.2, -0.15) is 0 Å². The SMILES string of the molecule is CNC1CC1CC1CC1. The van der Waals surface area contributed by atoms with E-state index in [4.69, 9.17) is 0 Å². The van der Waals surface area contributed by atoms with Crippen molar-refractivity contribution in [3.8, 4) is 0 Å². The van der Waals surface area contributed by atoms with E-state index in [1.54, 1.807) is 0 Å². The molecule has 2 aliphatic rings. The first-order valence-corrected chi connectivity index (χ1v) is 4.07. The van der Waals surface area contributed by atoms with Crippen LogP contribution in [-0.2, 0) is 0 Å². The molecule has 0 aromatic carbocycles. The summed E-state index contributed by atoms with van der Waals surface area (Å²) in [5.74, 6) is 2.19. The highest BCUT2D eigenvalue weighted by Gasteiger charge is 2.39. The van der Waals surface area contributed by atoms with Crippen LogP contribution in [0.15, 0.2) is 0 Å². The molecule has 0 aliphatic heterocycles. The molecule has 0 aromatic heterocycles. The molecule has 2 fully saturated rings. The van der Waals surface area contributed by atoms with Crippen LogP contribution in [0.25, 0.3) is 0 Å². The maximum absolute atomic E-state index is 3.32. The smallest absolute Gasteiger partial charge is 0.00962 e. The standard InChI is InChI=1S/C8H15N/c1-9-8-5-7(8)4-6-2-3-6/h6-9H,2-5H2,1H3. The van der Waals surface area contributed by atoms with E-state index in [0.29, 0.717) is 0 Å². The summed E-state index contributed by atoms with van der Waals surface area (Å²) in [4.78, 5) is 0. The molecule has 0 spiro atoms. The molecule has 0 saturated heterocycles. The fourth-order valence-electron chi connectivity index (χ4n) is 1.64. The first-order valence-electron chi connectivity index (χ1n) is 4.07. The van der Waals surface area contributed by atoms with Crippen molar-refractivity contribution in [2.24, 2.45) is 11.8 Å². The molecule has 52 valence electrons. The summed E-state index contributed by atoms with van der Waals surface area (Å²) in [7, 11) is 2.08. The van der Waals surface area contributed by atoms with Crippen molar-refractivity contribution in [3.05, 3.63) is 0 Å². The second kappa shape index (κ2) is 1.98. The predicted molar refractivity (Wildman–Crippen MR) is 38.3 cm³/mol. The van der Waals surface area contributed by atoms with Gasteiger partial charge in [0.2, 0.25) is 0 Å². The highest BCUT2D eigenvalue weighted by molar-refractivity contribution is 4.95. The maximum Gasteiger partial charge on any atom is 0.00962 e. The molecule has 0 amide bonds. The summed E-state index contributed by atoms with van der Waals surface area (Å²) in [6, 6.07) is 0.894. The van der Waals surface area contributed by atoms with Crippen molar-refractivity contribution in [1.29, 1.82) is 0 Å². The van der Waals surface area contributed by atoms with Crippen LogP contribution >= 0.6 is 0 Å². The minimum Gasteiger partial charge on any atom is -0.317 e. The van der Waals surface area contributed by atoms with E-state index in [9.17, 15) is 0 Å². The van der Waals surface area contributed by atoms with Crippen molar-refractivity contribution < 1.29 is 0 Å². The lowest BCUT2D eigenvalue weighted by Crippen LogP contribution is -2.10. The van der Waals surface area contributed by atoms with E-state index in [1.807, 2.05) is 0 Å². The first kappa shape index (κ1) is 5.72.